The highest BCUT2D eigenvalue weighted by molar-refractivity contribution is 5.76. The molecule has 2 aliphatic rings. The molecule has 0 saturated heterocycles. The minimum absolute atomic E-state index is 0.109. The summed E-state index contributed by atoms with van der Waals surface area (Å²) in [6.07, 6.45) is -1.67. The first-order valence-electron chi connectivity index (χ1n) is 11.0. The molecule has 1 aliphatic carbocycles. The van der Waals surface area contributed by atoms with E-state index >= 15 is 0 Å². The summed E-state index contributed by atoms with van der Waals surface area (Å²) in [5.41, 5.74) is 0.779. The molecule has 178 valence electrons. The molecule has 1 aliphatic heterocycles. The molecule has 2 atom stereocenters. The summed E-state index contributed by atoms with van der Waals surface area (Å²) in [5, 5.41) is 29.7. The molecule has 0 spiro atoms. The summed E-state index contributed by atoms with van der Waals surface area (Å²) in [6.45, 7) is 4.46. The van der Waals surface area contributed by atoms with Gasteiger partial charge in [0.15, 0.2) is 5.82 Å². The molecule has 1 aromatic heterocycles. The predicted octanol–water partition coefficient (Wildman–Crippen LogP) is 3.65. The van der Waals surface area contributed by atoms with E-state index < -0.39 is 23.6 Å². The predicted molar refractivity (Wildman–Crippen MR) is 116 cm³/mol. The Balaban J connectivity index is 1.81. The Hall–Kier alpha value is -2.88. The molecule has 1 saturated carbocycles. The zero-order chi connectivity index (χ0) is 23.9. The number of nitrogens with zero attached hydrogens (tertiary/aromatic N) is 4. The lowest BCUT2D eigenvalue weighted by atomic mass is 9.91. The van der Waals surface area contributed by atoms with E-state index in [0.717, 1.165) is 25.3 Å². The molecule has 1 fully saturated rings. The van der Waals surface area contributed by atoms with Crippen LogP contribution in [-0.2, 0) is 17.5 Å². The van der Waals surface area contributed by atoms with Crippen LogP contribution in [0.1, 0.15) is 49.3 Å². The molecule has 1 amide bonds. The van der Waals surface area contributed by atoms with Gasteiger partial charge >= 0.3 is 6.18 Å². The number of aliphatic hydroxyl groups is 1. The van der Waals surface area contributed by atoms with Crippen LogP contribution in [0.3, 0.4) is 0 Å². The average molecular weight is 464 g/mol. The van der Waals surface area contributed by atoms with Crippen LogP contribution in [0.15, 0.2) is 18.2 Å². The maximum absolute atomic E-state index is 13.0. The average Bonchev–Trinajstić information content (AvgIpc) is 2.95. The van der Waals surface area contributed by atoms with Crippen molar-refractivity contribution in [3.63, 3.8) is 0 Å². The van der Waals surface area contributed by atoms with Gasteiger partial charge in [0.25, 0.3) is 0 Å². The molecule has 1 aromatic carbocycles. The second kappa shape index (κ2) is 8.81. The maximum atomic E-state index is 13.0. The fraction of sp³-hybridized carbons (Fsp3) is 0.522. The highest BCUT2D eigenvalue weighted by Gasteiger charge is 2.35. The summed E-state index contributed by atoms with van der Waals surface area (Å²) in [6, 6.07) is 2.61. The third kappa shape index (κ3) is 4.48. The first kappa shape index (κ1) is 23.3. The molecule has 33 heavy (non-hydrogen) atoms. The number of phenolic OH excluding ortho intramolecular Hbond substituents is 1. The first-order valence-corrected chi connectivity index (χ1v) is 11.0. The lowest BCUT2D eigenvalue weighted by Gasteiger charge is -2.38. The van der Waals surface area contributed by atoms with Gasteiger partial charge in [0.2, 0.25) is 5.91 Å². The highest BCUT2D eigenvalue weighted by atomic mass is 19.4. The number of carbonyl (C=O) groups is 1. The van der Waals surface area contributed by atoms with Crippen molar-refractivity contribution in [2.75, 3.05) is 18.0 Å². The molecular formula is C23H27F3N4O3. The van der Waals surface area contributed by atoms with E-state index in [9.17, 15) is 28.2 Å². The van der Waals surface area contributed by atoms with Gasteiger partial charge in [-0.2, -0.15) is 13.2 Å². The molecule has 2 heterocycles. The molecule has 2 N–H and O–H groups in total. The van der Waals surface area contributed by atoms with Crippen molar-refractivity contribution in [1.29, 1.82) is 0 Å². The quantitative estimate of drug-likeness (QED) is 0.705. The number of hydrogen-bond donors (Lipinski definition) is 2. The zero-order valence-electron chi connectivity index (χ0n) is 18.6. The lowest BCUT2D eigenvalue weighted by molar-refractivity contribution is -0.137. The van der Waals surface area contributed by atoms with Crippen molar-refractivity contribution in [2.45, 2.75) is 64.4 Å². The highest BCUT2D eigenvalue weighted by Crippen LogP contribution is 2.39. The third-order valence-corrected chi connectivity index (χ3v) is 6.67. The van der Waals surface area contributed by atoms with Crippen LogP contribution in [0.2, 0.25) is 0 Å². The Kier molecular flexibility index (Phi) is 6.22. The number of aromatic nitrogens is 2. The number of hydrogen-bond acceptors (Lipinski definition) is 6. The summed E-state index contributed by atoms with van der Waals surface area (Å²) in [4.78, 5) is 15.9. The Morgan fingerprint density at radius 3 is 2.52 bits per heavy atom. The standard InChI is InChI=1S/C23H27F3N4O3/c1-13-17-12-29(14(2)31)9-10-30(18-5-3-4-6-19(18)32)22(17)28-27-21(13)16-8-7-15(11-20(16)33)23(24,25)26/h7-8,11,18-19,32-33H,3-6,9-10,12H2,1-2H3/t18-,19-/m1/s1. The molecular weight excluding hydrogens is 437 g/mol. The largest absolute Gasteiger partial charge is 0.507 e. The van der Waals surface area contributed by atoms with E-state index in [1.165, 1.54) is 13.0 Å². The Morgan fingerprint density at radius 1 is 1.15 bits per heavy atom. The number of phenols is 1. The van der Waals surface area contributed by atoms with Crippen LogP contribution in [0.5, 0.6) is 5.75 Å². The molecule has 2 aromatic rings. The number of carbonyl (C=O) groups excluding carboxylic acids is 1. The van der Waals surface area contributed by atoms with Crippen molar-refractivity contribution < 1.29 is 28.2 Å². The van der Waals surface area contributed by atoms with Crippen LogP contribution in [0.4, 0.5) is 19.0 Å². The van der Waals surface area contributed by atoms with Gasteiger partial charge in [0.05, 0.1) is 17.7 Å². The van der Waals surface area contributed by atoms with Crippen molar-refractivity contribution in [3.8, 4) is 17.0 Å². The third-order valence-electron chi connectivity index (χ3n) is 6.67. The molecule has 0 bridgehead atoms. The number of alkyl halides is 3. The van der Waals surface area contributed by atoms with Crippen molar-refractivity contribution in [3.05, 3.63) is 34.9 Å². The van der Waals surface area contributed by atoms with Gasteiger partial charge in [-0.25, -0.2) is 0 Å². The SMILES string of the molecule is CC(=O)N1CCN([C@@H]2CCCC[C@H]2O)c2nnc(-c3ccc(C(F)(F)F)cc3O)c(C)c2C1. The summed E-state index contributed by atoms with van der Waals surface area (Å²) in [5.74, 6) is -0.0849. The number of fused-ring (bicyclic) bond motifs is 1. The summed E-state index contributed by atoms with van der Waals surface area (Å²) in [7, 11) is 0. The van der Waals surface area contributed by atoms with E-state index in [1.807, 2.05) is 4.90 Å². The Labute approximate surface area is 189 Å². The van der Waals surface area contributed by atoms with Gasteiger partial charge in [-0.1, -0.05) is 12.8 Å². The van der Waals surface area contributed by atoms with Crippen molar-refractivity contribution in [1.82, 2.24) is 15.1 Å². The van der Waals surface area contributed by atoms with Crippen LogP contribution >= 0.6 is 0 Å². The van der Waals surface area contributed by atoms with Crippen molar-refractivity contribution >= 4 is 11.7 Å². The smallest absolute Gasteiger partial charge is 0.416 e. The van der Waals surface area contributed by atoms with E-state index in [-0.39, 0.29) is 29.8 Å². The maximum Gasteiger partial charge on any atom is 0.416 e. The minimum Gasteiger partial charge on any atom is -0.507 e. The lowest BCUT2D eigenvalue weighted by Crippen LogP contribution is -2.48. The Morgan fingerprint density at radius 2 is 1.88 bits per heavy atom. The monoisotopic (exact) mass is 464 g/mol. The summed E-state index contributed by atoms with van der Waals surface area (Å²) >= 11 is 0. The Bertz CT molecular complexity index is 1060. The number of amides is 1. The fourth-order valence-corrected chi connectivity index (χ4v) is 4.78. The van der Waals surface area contributed by atoms with Gasteiger partial charge in [0.1, 0.15) is 11.4 Å². The number of rotatable bonds is 2. The van der Waals surface area contributed by atoms with Crippen LogP contribution in [0.25, 0.3) is 11.3 Å². The van der Waals surface area contributed by atoms with Gasteiger partial charge in [-0.3, -0.25) is 4.79 Å². The summed E-state index contributed by atoms with van der Waals surface area (Å²) < 4.78 is 39.1. The topological polar surface area (TPSA) is 89.8 Å². The molecule has 10 heteroatoms. The molecule has 4 rings (SSSR count). The van der Waals surface area contributed by atoms with Gasteiger partial charge in [0, 0.05) is 37.7 Å². The van der Waals surface area contributed by atoms with Crippen molar-refractivity contribution in [2.24, 2.45) is 0 Å². The van der Waals surface area contributed by atoms with Crippen LogP contribution in [0, 0.1) is 6.92 Å². The number of anilines is 1. The van der Waals surface area contributed by atoms with Gasteiger partial charge in [-0.15, -0.1) is 10.2 Å². The molecule has 7 nitrogen and oxygen atoms in total. The zero-order valence-corrected chi connectivity index (χ0v) is 18.6. The molecule has 0 radical (unpaired) electrons. The van der Waals surface area contributed by atoms with Gasteiger partial charge in [-0.05, 0) is 43.5 Å². The molecule has 0 unspecified atom stereocenters. The first-order chi connectivity index (χ1) is 15.6. The van der Waals surface area contributed by atoms with Crippen LogP contribution < -0.4 is 4.90 Å². The van der Waals surface area contributed by atoms with E-state index in [0.29, 0.717) is 42.5 Å². The van der Waals surface area contributed by atoms with Gasteiger partial charge < -0.3 is 20.0 Å². The number of halogens is 3. The van der Waals surface area contributed by atoms with E-state index in [2.05, 4.69) is 10.2 Å². The second-order valence-corrected chi connectivity index (χ2v) is 8.76. The van der Waals surface area contributed by atoms with Crippen LogP contribution in [-0.4, -0.2) is 56.5 Å². The fourth-order valence-electron chi connectivity index (χ4n) is 4.78. The van der Waals surface area contributed by atoms with E-state index in [1.54, 1.807) is 11.8 Å². The minimum atomic E-state index is -4.58. The second-order valence-electron chi connectivity index (χ2n) is 8.76. The number of aromatic hydroxyl groups is 1. The van der Waals surface area contributed by atoms with E-state index in [4.69, 9.17) is 0 Å². The normalized spacial score (nSPS) is 21.5. The number of aliphatic hydroxyl groups excluding tert-OH is 1. The number of benzene rings is 1.